The molecular weight excluding hydrogens is 266 g/mol. The maximum absolute atomic E-state index is 5.93. The van der Waals surface area contributed by atoms with Gasteiger partial charge in [-0.2, -0.15) is 0 Å². The van der Waals surface area contributed by atoms with Crippen molar-refractivity contribution in [3.8, 4) is 0 Å². The third kappa shape index (κ3) is 2.88. The maximum Gasteiger partial charge on any atom is 0.230 e. The molecule has 2 aromatic rings. The highest BCUT2D eigenvalue weighted by atomic mass is 16.4. The predicted octanol–water partition coefficient (Wildman–Crippen LogP) is 3.30. The van der Waals surface area contributed by atoms with Gasteiger partial charge in [-0.15, -0.1) is 10.2 Å². The molecule has 0 unspecified atom stereocenters. The van der Waals surface area contributed by atoms with Gasteiger partial charge in [0, 0.05) is 11.8 Å². The van der Waals surface area contributed by atoms with Gasteiger partial charge in [-0.3, -0.25) is 4.90 Å². The zero-order chi connectivity index (χ0) is 14.4. The van der Waals surface area contributed by atoms with Crippen molar-refractivity contribution < 1.29 is 8.83 Å². The van der Waals surface area contributed by atoms with Gasteiger partial charge in [0.1, 0.15) is 11.5 Å². The van der Waals surface area contributed by atoms with Gasteiger partial charge in [0.15, 0.2) is 0 Å². The molecular formula is C16H21N3O2. The van der Waals surface area contributed by atoms with Crippen LogP contribution >= 0.6 is 0 Å². The second kappa shape index (κ2) is 4.98. The van der Waals surface area contributed by atoms with Crippen LogP contribution in [0.2, 0.25) is 0 Å². The van der Waals surface area contributed by atoms with Crippen LogP contribution in [0.5, 0.6) is 0 Å². The molecule has 0 aromatic carbocycles. The Morgan fingerprint density at radius 3 is 2.71 bits per heavy atom. The summed E-state index contributed by atoms with van der Waals surface area (Å²) in [5, 5.41) is 8.24. The van der Waals surface area contributed by atoms with E-state index in [1.54, 1.807) is 0 Å². The lowest BCUT2D eigenvalue weighted by Crippen LogP contribution is -2.17. The van der Waals surface area contributed by atoms with E-state index >= 15 is 0 Å². The van der Waals surface area contributed by atoms with Crippen LogP contribution in [0.4, 0.5) is 0 Å². The van der Waals surface area contributed by atoms with E-state index in [-0.39, 0.29) is 0 Å². The quantitative estimate of drug-likeness (QED) is 0.816. The molecule has 5 heteroatoms. The van der Waals surface area contributed by atoms with Crippen molar-refractivity contribution in [1.82, 2.24) is 15.1 Å². The molecule has 0 radical (unpaired) electrons. The lowest BCUT2D eigenvalue weighted by atomic mass is 10.3. The van der Waals surface area contributed by atoms with Crippen molar-refractivity contribution in [2.45, 2.75) is 51.1 Å². The monoisotopic (exact) mass is 287 g/mol. The van der Waals surface area contributed by atoms with Crippen LogP contribution in [0, 0.1) is 5.92 Å². The third-order valence-electron chi connectivity index (χ3n) is 4.40. The molecule has 2 aliphatic carbocycles. The highest BCUT2D eigenvalue weighted by Crippen LogP contribution is 2.47. The smallest absolute Gasteiger partial charge is 0.230 e. The van der Waals surface area contributed by atoms with E-state index in [1.165, 1.54) is 19.3 Å². The molecule has 0 bridgehead atoms. The summed E-state index contributed by atoms with van der Waals surface area (Å²) in [6.45, 7) is 3.70. The predicted molar refractivity (Wildman–Crippen MR) is 76.7 cm³/mol. The fraction of sp³-hybridized carbons (Fsp3) is 0.625. The normalized spacial score (nSPS) is 24.7. The van der Waals surface area contributed by atoms with Crippen LogP contribution in [-0.4, -0.2) is 22.1 Å². The van der Waals surface area contributed by atoms with Crippen LogP contribution in [0.1, 0.15) is 61.3 Å². The highest BCUT2D eigenvalue weighted by Gasteiger charge is 2.36. The average Bonchev–Trinajstić information content (AvgIpc) is 3.33. The lowest BCUT2D eigenvalue weighted by Gasteiger charge is -2.11. The topological polar surface area (TPSA) is 55.3 Å². The van der Waals surface area contributed by atoms with Gasteiger partial charge in [-0.25, -0.2) is 0 Å². The largest absolute Gasteiger partial charge is 0.464 e. The zero-order valence-electron chi connectivity index (χ0n) is 12.6. The molecule has 2 fully saturated rings. The maximum atomic E-state index is 5.93. The van der Waals surface area contributed by atoms with E-state index in [0.717, 1.165) is 29.9 Å². The lowest BCUT2D eigenvalue weighted by molar-refractivity contribution is 0.254. The Kier molecular flexibility index (Phi) is 3.10. The fourth-order valence-electron chi connectivity index (χ4n) is 2.78. The summed E-state index contributed by atoms with van der Waals surface area (Å²) in [6.07, 6.45) is 3.63. The van der Waals surface area contributed by atoms with E-state index in [0.29, 0.717) is 24.3 Å². The summed E-state index contributed by atoms with van der Waals surface area (Å²) in [5.41, 5.74) is 0. The minimum absolute atomic E-state index is 0.518. The molecule has 0 saturated heterocycles. The molecule has 2 atom stereocenters. The Balaban J connectivity index is 1.34. The first kappa shape index (κ1) is 13.1. The second-order valence-electron chi connectivity index (χ2n) is 6.60. The molecule has 2 aromatic heterocycles. The van der Waals surface area contributed by atoms with Crippen molar-refractivity contribution in [2.24, 2.45) is 5.92 Å². The summed E-state index contributed by atoms with van der Waals surface area (Å²) in [6, 6.07) is 4.20. The zero-order valence-corrected chi connectivity index (χ0v) is 12.6. The van der Waals surface area contributed by atoms with Gasteiger partial charge in [0.05, 0.1) is 13.1 Å². The molecule has 4 rings (SSSR count). The first-order chi connectivity index (χ1) is 10.2. The summed E-state index contributed by atoms with van der Waals surface area (Å²) in [4.78, 5) is 2.14. The van der Waals surface area contributed by atoms with Crippen LogP contribution in [0.15, 0.2) is 21.0 Å². The molecule has 0 amide bonds. The van der Waals surface area contributed by atoms with Crippen LogP contribution in [0.25, 0.3) is 0 Å². The van der Waals surface area contributed by atoms with Crippen molar-refractivity contribution in [3.63, 3.8) is 0 Å². The molecule has 112 valence electrons. The highest BCUT2D eigenvalue weighted by molar-refractivity contribution is 5.17. The summed E-state index contributed by atoms with van der Waals surface area (Å²) in [5.74, 6) is 5.59. The van der Waals surface area contributed by atoms with E-state index < -0.39 is 0 Å². The van der Waals surface area contributed by atoms with Gasteiger partial charge in [-0.05, 0) is 44.4 Å². The Labute approximate surface area is 124 Å². The standard InChI is InChI=1S/C16H21N3O2/c1-10-7-13(10)14-6-5-12(20-14)8-19(2)9-15-17-18-16(21-15)11-3-4-11/h5-6,10-11,13H,3-4,7-9H2,1-2H3/t10-,13-/m1/s1. The summed E-state index contributed by atoms with van der Waals surface area (Å²) >= 11 is 0. The van der Waals surface area contributed by atoms with Crippen molar-refractivity contribution in [3.05, 3.63) is 35.4 Å². The number of hydrogen-bond donors (Lipinski definition) is 0. The van der Waals surface area contributed by atoms with Gasteiger partial charge in [-0.1, -0.05) is 6.92 Å². The Morgan fingerprint density at radius 1 is 1.19 bits per heavy atom. The van der Waals surface area contributed by atoms with E-state index in [2.05, 4.69) is 34.2 Å². The molecule has 5 nitrogen and oxygen atoms in total. The first-order valence-corrected chi connectivity index (χ1v) is 7.78. The number of furan rings is 1. The summed E-state index contributed by atoms with van der Waals surface area (Å²) in [7, 11) is 2.04. The molecule has 2 aliphatic rings. The SMILES string of the molecule is C[C@@H]1C[C@H]1c1ccc(CN(C)Cc2nnc(C3CC3)o2)o1. The van der Waals surface area contributed by atoms with Crippen molar-refractivity contribution in [1.29, 1.82) is 0 Å². The van der Waals surface area contributed by atoms with E-state index in [9.17, 15) is 0 Å². The van der Waals surface area contributed by atoms with Crippen LogP contribution in [0.3, 0.4) is 0 Å². The molecule has 21 heavy (non-hydrogen) atoms. The van der Waals surface area contributed by atoms with Crippen molar-refractivity contribution in [2.75, 3.05) is 7.05 Å². The Morgan fingerprint density at radius 2 is 2.00 bits per heavy atom. The molecule has 0 aliphatic heterocycles. The Bertz CT molecular complexity index is 629. The molecule has 0 N–H and O–H groups in total. The van der Waals surface area contributed by atoms with Gasteiger partial charge in [0.25, 0.3) is 0 Å². The summed E-state index contributed by atoms with van der Waals surface area (Å²) < 4.78 is 11.6. The number of aromatic nitrogens is 2. The molecule has 2 heterocycles. The van der Waals surface area contributed by atoms with Crippen LogP contribution in [-0.2, 0) is 13.1 Å². The number of rotatable bonds is 6. The van der Waals surface area contributed by atoms with E-state index in [4.69, 9.17) is 8.83 Å². The second-order valence-corrected chi connectivity index (χ2v) is 6.60. The van der Waals surface area contributed by atoms with Gasteiger partial charge < -0.3 is 8.83 Å². The average molecular weight is 287 g/mol. The third-order valence-corrected chi connectivity index (χ3v) is 4.40. The van der Waals surface area contributed by atoms with Crippen molar-refractivity contribution >= 4 is 0 Å². The number of hydrogen-bond acceptors (Lipinski definition) is 5. The van der Waals surface area contributed by atoms with Crippen LogP contribution < -0.4 is 0 Å². The molecule has 2 saturated carbocycles. The van der Waals surface area contributed by atoms with Gasteiger partial charge in [0.2, 0.25) is 11.8 Å². The Hall–Kier alpha value is -1.62. The van der Waals surface area contributed by atoms with E-state index in [1.807, 2.05) is 7.05 Å². The molecule has 0 spiro atoms. The minimum Gasteiger partial charge on any atom is -0.464 e. The minimum atomic E-state index is 0.518. The van der Waals surface area contributed by atoms with Gasteiger partial charge >= 0.3 is 0 Å². The fourth-order valence-corrected chi connectivity index (χ4v) is 2.78. The first-order valence-electron chi connectivity index (χ1n) is 7.78. The number of nitrogens with zero attached hydrogens (tertiary/aromatic N) is 3.